The van der Waals surface area contributed by atoms with E-state index in [2.05, 4.69) is 10.1 Å². The van der Waals surface area contributed by atoms with Crippen LogP contribution in [0.1, 0.15) is 6.92 Å². The average molecular weight is 236 g/mol. The van der Waals surface area contributed by atoms with Crippen molar-refractivity contribution in [3.63, 3.8) is 0 Å². The van der Waals surface area contributed by atoms with Crippen molar-refractivity contribution < 1.29 is 8.91 Å². The molecule has 0 unspecified atom stereocenters. The molecule has 17 heavy (non-hydrogen) atoms. The van der Waals surface area contributed by atoms with Crippen LogP contribution in [0.25, 0.3) is 11.5 Å². The third-order valence-electron chi connectivity index (χ3n) is 2.47. The van der Waals surface area contributed by atoms with Gasteiger partial charge in [-0.2, -0.15) is 4.98 Å². The van der Waals surface area contributed by atoms with Crippen LogP contribution in [0.2, 0.25) is 0 Å². The van der Waals surface area contributed by atoms with Crippen molar-refractivity contribution in [2.45, 2.75) is 6.92 Å². The van der Waals surface area contributed by atoms with Gasteiger partial charge in [0.2, 0.25) is 0 Å². The van der Waals surface area contributed by atoms with Crippen LogP contribution in [0.4, 0.5) is 16.0 Å². The Morgan fingerprint density at radius 3 is 2.88 bits per heavy atom. The topological polar surface area (TPSA) is 68.2 Å². The first-order chi connectivity index (χ1) is 8.11. The van der Waals surface area contributed by atoms with E-state index in [0.29, 0.717) is 17.4 Å². The molecular formula is C11H13FN4O. The second-order valence-electron chi connectivity index (χ2n) is 3.65. The minimum absolute atomic E-state index is 0.0612. The number of hydrogen-bond donors (Lipinski definition) is 1. The highest BCUT2D eigenvalue weighted by atomic mass is 19.1. The highest BCUT2D eigenvalue weighted by Gasteiger charge is 2.12. The Balaban J connectivity index is 2.33. The van der Waals surface area contributed by atoms with E-state index in [-0.39, 0.29) is 5.69 Å². The first-order valence-electron chi connectivity index (χ1n) is 5.22. The fraction of sp³-hybridized carbons (Fsp3) is 0.273. The Labute approximate surface area is 98.0 Å². The molecule has 6 heteroatoms. The maximum atomic E-state index is 13.0. The lowest BCUT2D eigenvalue weighted by Gasteiger charge is -2.08. The van der Waals surface area contributed by atoms with Crippen LogP contribution in [0, 0.1) is 5.82 Å². The lowest BCUT2D eigenvalue weighted by atomic mass is 10.2. The van der Waals surface area contributed by atoms with Crippen molar-refractivity contribution >= 4 is 11.6 Å². The number of anilines is 2. The van der Waals surface area contributed by atoms with Crippen molar-refractivity contribution in [2.24, 2.45) is 0 Å². The van der Waals surface area contributed by atoms with Gasteiger partial charge in [0.1, 0.15) is 5.82 Å². The molecule has 0 radical (unpaired) electrons. The van der Waals surface area contributed by atoms with Crippen LogP contribution in [-0.2, 0) is 0 Å². The summed E-state index contributed by atoms with van der Waals surface area (Å²) in [6.45, 7) is 2.75. The molecule has 1 aromatic heterocycles. The van der Waals surface area contributed by atoms with Gasteiger partial charge in [-0.15, -0.1) is 0 Å². The molecule has 0 saturated heterocycles. The molecular weight excluding hydrogens is 223 g/mol. The van der Waals surface area contributed by atoms with Gasteiger partial charge in [-0.3, -0.25) is 0 Å². The van der Waals surface area contributed by atoms with Gasteiger partial charge in [0.05, 0.1) is 5.69 Å². The van der Waals surface area contributed by atoms with E-state index >= 15 is 0 Å². The summed E-state index contributed by atoms with van der Waals surface area (Å²) >= 11 is 0. The van der Waals surface area contributed by atoms with E-state index in [1.54, 1.807) is 6.07 Å². The Morgan fingerprint density at radius 1 is 1.47 bits per heavy atom. The van der Waals surface area contributed by atoms with E-state index < -0.39 is 5.82 Å². The van der Waals surface area contributed by atoms with E-state index in [1.165, 1.54) is 12.1 Å². The molecule has 0 aliphatic heterocycles. The monoisotopic (exact) mass is 236 g/mol. The SMILES string of the molecule is CCN(C)c1noc(-c2ccc(F)c(N)c2)n1. The van der Waals surface area contributed by atoms with Gasteiger partial charge in [-0.1, -0.05) is 0 Å². The van der Waals surface area contributed by atoms with Gasteiger partial charge in [-0.25, -0.2) is 4.39 Å². The van der Waals surface area contributed by atoms with Crippen LogP contribution in [-0.4, -0.2) is 23.7 Å². The molecule has 0 atom stereocenters. The first kappa shape index (κ1) is 11.4. The Bertz CT molecular complexity index is 526. The lowest BCUT2D eigenvalue weighted by Crippen LogP contribution is -2.16. The number of nitrogens with zero attached hydrogens (tertiary/aromatic N) is 3. The van der Waals surface area contributed by atoms with Crippen LogP contribution in [0.5, 0.6) is 0 Å². The standard InChI is InChI=1S/C11H13FN4O/c1-3-16(2)11-14-10(17-15-11)7-4-5-8(12)9(13)6-7/h4-6H,3,13H2,1-2H3. The molecule has 2 aromatic rings. The zero-order valence-corrected chi connectivity index (χ0v) is 9.64. The number of nitrogen functional groups attached to an aromatic ring is 1. The summed E-state index contributed by atoms with van der Waals surface area (Å²) < 4.78 is 18.1. The van der Waals surface area contributed by atoms with Gasteiger partial charge in [0.25, 0.3) is 11.8 Å². The lowest BCUT2D eigenvalue weighted by molar-refractivity contribution is 0.430. The highest BCUT2D eigenvalue weighted by molar-refractivity contribution is 5.60. The van der Waals surface area contributed by atoms with Gasteiger partial charge in [-0.05, 0) is 30.3 Å². The number of halogens is 1. The highest BCUT2D eigenvalue weighted by Crippen LogP contribution is 2.23. The quantitative estimate of drug-likeness (QED) is 0.824. The zero-order valence-electron chi connectivity index (χ0n) is 9.64. The van der Waals surface area contributed by atoms with Gasteiger partial charge in [0, 0.05) is 19.2 Å². The van der Waals surface area contributed by atoms with Gasteiger partial charge in [0.15, 0.2) is 0 Å². The molecule has 1 aromatic carbocycles. The van der Waals surface area contributed by atoms with E-state index in [0.717, 1.165) is 6.54 Å². The third kappa shape index (κ3) is 2.20. The molecule has 0 spiro atoms. The Kier molecular flexibility index (Phi) is 2.95. The molecule has 0 fully saturated rings. The molecule has 2 rings (SSSR count). The molecule has 1 heterocycles. The third-order valence-corrected chi connectivity index (χ3v) is 2.47. The van der Waals surface area contributed by atoms with Crippen molar-refractivity contribution in [3.05, 3.63) is 24.0 Å². The summed E-state index contributed by atoms with van der Waals surface area (Å²) in [5.74, 6) is 0.358. The maximum Gasteiger partial charge on any atom is 0.266 e. The molecule has 2 N–H and O–H groups in total. The fourth-order valence-electron chi connectivity index (χ4n) is 1.31. The van der Waals surface area contributed by atoms with Gasteiger partial charge < -0.3 is 15.2 Å². The van der Waals surface area contributed by atoms with Crippen LogP contribution < -0.4 is 10.6 Å². The Morgan fingerprint density at radius 2 is 2.24 bits per heavy atom. The van der Waals surface area contributed by atoms with Crippen molar-refractivity contribution in [1.82, 2.24) is 10.1 Å². The molecule has 0 aliphatic rings. The number of benzene rings is 1. The summed E-state index contributed by atoms with van der Waals surface area (Å²) in [5, 5.41) is 3.82. The Hall–Kier alpha value is -2.11. The molecule has 0 saturated carbocycles. The van der Waals surface area contributed by atoms with Gasteiger partial charge >= 0.3 is 0 Å². The zero-order chi connectivity index (χ0) is 12.4. The van der Waals surface area contributed by atoms with Crippen LogP contribution >= 0.6 is 0 Å². The minimum atomic E-state index is -0.459. The second-order valence-corrected chi connectivity index (χ2v) is 3.65. The first-order valence-corrected chi connectivity index (χ1v) is 5.22. The summed E-state index contributed by atoms with van der Waals surface area (Å²) in [6, 6.07) is 4.30. The summed E-state index contributed by atoms with van der Waals surface area (Å²) in [6.07, 6.45) is 0. The van der Waals surface area contributed by atoms with E-state index in [1.807, 2.05) is 18.9 Å². The number of hydrogen-bond acceptors (Lipinski definition) is 5. The van der Waals surface area contributed by atoms with Crippen molar-refractivity contribution in [2.75, 3.05) is 24.2 Å². The summed E-state index contributed by atoms with van der Waals surface area (Å²) in [7, 11) is 1.85. The van der Waals surface area contributed by atoms with Crippen molar-refractivity contribution in [3.8, 4) is 11.5 Å². The molecule has 90 valence electrons. The molecule has 5 nitrogen and oxygen atoms in total. The van der Waals surface area contributed by atoms with Crippen molar-refractivity contribution in [1.29, 1.82) is 0 Å². The van der Waals surface area contributed by atoms with E-state index in [4.69, 9.17) is 10.3 Å². The number of nitrogens with two attached hydrogens (primary N) is 1. The summed E-state index contributed by atoms with van der Waals surface area (Å²) in [4.78, 5) is 6.03. The number of rotatable bonds is 3. The molecule has 0 bridgehead atoms. The van der Waals surface area contributed by atoms with Crippen LogP contribution in [0.3, 0.4) is 0 Å². The van der Waals surface area contributed by atoms with E-state index in [9.17, 15) is 4.39 Å². The molecule has 0 aliphatic carbocycles. The second kappa shape index (κ2) is 4.40. The predicted molar refractivity (Wildman–Crippen MR) is 63.0 cm³/mol. The predicted octanol–water partition coefficient (Wildman–Crippen LogP) is 1.91. The number of aromatic nitrogens is 2. The smallest absolute Gasteiger partial charge is 0.266 e. The normalized spacial score (nSPS) is 10.5. The summed E-state index contributed by atoms with van der Waals surface area (Å²) in [5.41, 5.74) is 6.14. The minimum Gasteiger partial charge on any atom is -0.396 e. The maximum absolute atomic E-state index is 13.0. The largest absolute Gasteiger partial charge is 0.396 e. The average Bonchev–Trinajstić information content (AvgIpc) is 2.81. The molecule has 0 amide bonds. The fourth-order valence-corrected chi connectivity index (χ4v) is 1.31. The van der Waals surface area contributed by atoms with Crippen LogP contribution in [0.15, 0.2) is 22.7 Å².